The normalized spacial score (nSPS) is 17.8. The van der Waals surface area contributed by atoms with Crippen molar-refractivity contribution in [1.82, 2.24) is 19.2 Å². The molecule has 0 aromatic carbocycles. The van der Waals surface area contributed by atoms with Crippen LogP contribution < -0.4 is 0 Å². The van der Waals surface area contributed by atoms with E-state index >= 15 is 0 Å². The first kappa shape index (κ1) is 15.4. The van der Waals surface area contributed by atoms with Crippen molar-refractivity contribution in [1.29, 1.82) is 0 Å². The van der Waals surface area contributed by atoms with E-state index in [2.05, 4.69) is 20.5 Å². The number of amides is 1. The smallest absolute Gasteiger partial charge is 0.235 e. The predicted octanol–water partition coefficient (Wildman–Crippen LogP) is 1.73. The molecule has 0 bridgehead atoms. The Morgan fingerprint density at radius 1 is 1.32 bits per heavy atom. The predicted molar refractivity (Wildman–Crippen MR) is 90.0 cm³/mol. The number of carbonyl (C=O) groups excluding carboxylic acids is 1. The summed E-state index contributed by atoms with van der Waals surface area (Å²) in [4.78, 5) is 21.2. The Morgan fingerprint density at radius 2 is 2.09 bits per heavy atom. The van der Waals surface area contributed by atoms with Crippen LogP contribution in [0.15, 0.2) is 30.6 Å². The molecule has 1 atom stereocenters. The highest BCUT2D eigenvalue weighted by molar-refractivity contribution is 7.99. The molecule has 1 aliphatic heterocycles. The standard InChI is InChI=1S/C16H22N4OS/c1-13(22-2)16(21)19-9-7-18(8-10-19)11-14-12-20-6-4-3-5-15(20)17-14/h3-6,12-13H,7-11H2,1-2H3/t13-/m1/s1. The molecule has 1 amide bonds. The summed E-state index contributed by atoms with van der Waals surface area (Å²) in [6.07, 6.45) is 6.09. The number of nitrogens with zero attached hydrogens (tertiary/aromatic N) is 4. The maximum atomic E-state index is 12.2. The number of piperazine rings is 1. The van der Waals surface area contributed by atoms with Gasteiger partial charge in [0.15, 0.2) is 0 Å². The number of hydrogen-bond acceptors (Lipinski definition) is 4. The number of aromatic nitrogens is 2. The van der Waals surface area contributed by atoms with E-state index in [1.807, 2.05) is 42.5 Å². The minimum atomic E-state index is 0.0602. The van der Waals surface area contributed by atoms with E-state index in [4.69, 9.17) is 0 Å². The molecule has 5 nitrogen and oxygen atoms in total. The Labute approximate surface area is 135 Å². The minimum absolute atomic E-state index is 0.0602. The van der Waals surface area contributed by atoms with E-state index in [0.717, 1.165) is 44.1 Å². The van der Waals surface area contributed by atoms with Crippen LogP contribution in [-0.2, 0) is 11.3 Å². The second-order valence-electron chi connectivity index (χ2n) is 5.68. The summed E-state index contributed by atoms with van der Waals surface area (Å²) >= 11 is 1.61. The summed E-state index contributed by atoms with van der Waals surface area (Å²) < 4.78 is 2.05. The summed E-state index contributed by atoms with van der Waals surface area (Å²) in [6, 6.07) is 6.03. The fraction of sp³-hybridized carbons (Fsp3) is 0.500. The van der Waals surface area contributed by atoms with Crippen molar-refractivity contribution in [2.75, 3.05) is 32.4 Å². The molecule has 0 spiro atoms. The first-order valence-electron chi connectivity index (χ1n) is 7.64. The van der Waals surface area contributed by atoms with Gasteiger partial charge in [-0.25, -0.2) is 4.98 Å². The molecule has 1 saturated heterocycles. The monoisotopic (exact) mass is 318 g/mol. The lowest BCUT2D eigenvalue weighted by atomic mass is 10.2. The zero-order valence-corrected chi connectivity index (χ0v) is 13.9. The average molecular weight is 318 g/mol. The van der Waals surface area contributed by atoms with E-state index in [1.165, 1.54) is 0 Å². The van der Waals surface area contributed by atoms with Crippen molar-refractivity contribution in [2.24, 2.45) is 0 Å². The lowest BCUT2D eigenvalue weighted by molar-refractivity contribution is -0.132. The topological polar surface area (TPSA) is 40.9 Å². The van der Waals surface area contributed by atoms with Crippen molar-refractivity contribution in [3.63, 3.8) is 0 Å². The van der Waals surface area contributed by atoms with Gasteiger partial charge in [-0.3, -0.25) is 9.69 Å². The number of imidazole rings is 1. The van der Waals surface area contributed by atoms with Gasteiger partial charge in [0.2, 0.25) is 5.91 Å². The number of rotatable bonds is 4. The molecular formula is C16H22N4OS. The van der Waals surface area contributed by atoms with Gasteiger partial charge in [-0.15, -0.1) is 0 Å². The molecule has 22 heavy (non-hydrogen) atoms. The summed E-state index contributed by atoms with van der Waals surface area (Å²) in [5, 5.41) is 0.0602. The quantitative estimate of drug-likeness (QED) is 0.861. The molecule has 3 heterocycles. The van der Waals surface area contributed by atoms with Gasteiger partial charge in [-0.2, -0.15) is 11.8 Å². The van der Waals surface area contributed by atoms with Gasteiger partial charge in [0, 0.05) is 45.1 Å². The number of fused-ring (bicyclic) bond motifs is 1. The van der Waals surface area contributed by atoms with Crippen LogP contribution in [0, 0.1) is 0 Å². The minimum Gasteiger partial charge on any atom is -0.339 e. The van der Waals surface area contributed by atoms with Gasteiger partial charge < -0.3 is 9.30 Å². The first-order valence-corrected chi connectivity index (χ1v) is 8.92. The van der Waals surface area contributed by atoms with Crippen molar-refractivity contribution in [3.05, 3.63) is 36.3 Å². The average Bonchev–Trinajstić information content (AvgIpc) is 2.96. The van der Waals surface area contributed by atoms with Gasteiger partial charge >= 0.3 is 0 Å². The maximum absolute atomic E-state index is 12.2. The fourth-order valence-corrected chi connectivity index (χ4v) is 3.13. The zero-order chi connectivity index (χ0) is 15.5. The largest absolute Gasteiger partial charge is 0.339 e. The molecule has 1 aliphatic rings. The number of thioether (sulfide) groups is 1. The molecule has 0 unspecified atom stereocenters. The number of hydrogen-bond donors (Lipinski definition) is 0. The lowest BCUT2D eigenvalue weighted by Gasteiger charge is -2.35. The Bertz CT molecular complexity index is 615. The molecule has 3 rings (SSSR count). The Balaban J connectivity index is 1.56. The van der Waals surface area contributed by atoms with Gasteiger partial charge in [-0.05, 0) is 25.3 Å². The third kappa shape index (κ3) is 3.28. The van der Waals surface area contributed by atoms with E-state index in [0.29, 0.717) is 0 Å². The molecule has 0 radical (unpaired) electrons. The van der Waals surface area contributed by atoms with Crippen LogP contribution in [0.4, 0.5) is 0 Å². The Hall–Kier alpha value is -1.53. The summed E-state index contributed by atoms with van der Waals surface area (Å²) in [7, 11) is 0. The van der Waals surface area contributed by atoms with E-state index < -0.39 is 0 Å². The molecule has 2 aromatic heterocycles. The van der Waals surface area contributed by atoms with Crippen LogP contribution in [-0.4, -0.2) is 62.8 Å². The molecule has 0 aliphatic carbocycles. The maximum Gasteiger partial charge on any atom is 0.235 e. The van der Waals surface area contributed by atoms with Crippen LogP contribution in [0.2, 0.25) is 0 Å². The van der Waals surface area contributed by atoms with Crippen LogP contribution >= 0.6 is 11.8 Å². The lowest BCUT2D eigenvalue weighted by Crippen LogP contribution is -2.50. The van der Waals surface area contributed by atoms with Gasteiger partial charge in [0.25, 0.3) is 0 Å². The number of pyridine rings is 1. The second-order valence-corrected chi connectivity index (χ2v) is 6.86. The van der Waals surface area contributed by atoms with Gasteiger partial charge in [-0.1, -0.05) is 6.07 Å². The number of carbonyl (C=O) groups is 1. The molecule has 6 heteroatoms. The fourth-order valence-electron chi connectivity index (χ4n) is 2.78. The highest BCUT2D eigenvalue weighted by Crippen LogP contribution is 2.13. The Kier molecular flexibility index (Phi) is 4.69. The molecule has 0 saturated carbocycles. The van der Waals surface area contributed by atoms with Crippen LogP contribution in [0.1, 0.15) is 12.6 Å². The summed E-state index contributed by atoms with van der Waals surface area (Å²) in [5.74, 6) is 0.264. The van der Waals surface area contributed by atoms with E-state index in [9.17, 15) is 4.79 Å². The SMILES string of the molecule is CS[C@H](C)C(=O)N1CCN(Cc2cn3ccccc3n2)CC1. The van der Waals surface area contributed by atoms with Crippen molar-refractivity contribution >= 4 is 23.3 Å². The highest BCUT2D eigenvalue weighted by atomic mass is 32.2. The van der Waals surface area contributed by atoms with E-state index in [1.54, 1.807) is 11.8 Å². The van der Waals surface area contributed by atoms with Crippen molar-refractivity contribution < 1.29 is 4.79 Å². The summed E-state index contributed by atoms with van der Waals surface area (Å²) in [6.45, 7) is 6.30. The first-order chi connectivity index (χ1) is 10.7. The molecule has 0 N–H and O–H groups in total. The van der Waals surface area contributed by atoms with Gasteiger partial charge in [0.1, 0.15) is 5.65 Å². The molecule has 118 valence electrons. The van der Waals surface area contributed by atoms with E-state index in [-0.39, 0.29) is 11.2 Å². The molecular weight excluding hydrogens is 296 g/mol. The third-order valence-electron chi connectivity index (χ3n) is 4.18. The Morgan fingerprint density at radius 3 is 2.77 bits per heavy atom. The van der Waals surface area contributed by atoms with Crippen LogP contribution in [0.5, 0.6) is 0 Å². The summed E-state index contributed by atoms with van der Waals surface area (Å²) in [5.41, 5.74) is 2.07. The van der Waals surface area contributed by atoms with Crippen molar-refractivity contribution in [2.45, 2.75) is 18.7 Å². The second kappa shape index (κ2) is 6.71. The van der Waals surface area contributed by atoms with Crippen LogP contribution in [0.3, 0.4) is 0 Å². The highest BCUT2D eigenvalue weighted by Gasteiger charge is 2.24. The van der Waals surface area contributed by atoms with Crippen LogP contribution in [0.25, 0.3) is 5.65 Å². The molecule has 1 fully saturated rings. The van der Waals surface area contributed by atoms with Crippen molar-refractivity contribution in [3.8, 4) is 0 Å². The third-order valence-corrected chi connectivity index (χ3v) is 5.09. The zero-order valence-electron chi connectivity index (χ0n) is 13.1. The molecule has 2 aromatic rings. The van der Waals surface area contributed by atoms with Gasteiger partial charge in [0.05, 0.1) is 10.9 Å².